The van der Waals surface area contributed by atoms with Gasteiger partial charge in [0.05, 0.1) is 0 Å². The lowest BCUT2D eigenvalue weighted by molar-refractivity contribution is -0.123. The van der Waals surface area contributed by atoms with Gasteiger partial charge in [-0.2, -0.15) is 0 Å². The van der Waals surface area contributed by atoms with Crippen molar-refractivity contribution in [2.75, 3.05) is 0 Å². The van der Waals surface area contributed by atoms with Gasteiger partial charge in [0.2, 0.25) is 5.91 Å². The summed E-state index contributed by atoms with van der Waals surface area (Å²) in [7, 11) is 0. The maximum atomic E-state index is 11.2. The average Bonchev–Trinajstić information content (AvgIpc) is 2.80. The largest absolute Gasteiger partial charge is 0.294 e. The molecule has 2 rings (SSSR count). The quantitative estimate of drug-likeness (QED) is 0.348. The summed E-state index contributed by atoms with van der Waals surface area (Å²) in [6.07, 6.45) is 7.51. The van der Waals surface area contributed by atoms with Crippen LogP contribution in [-0.4, -0.2) is 5.91 Å². The molecule has 0 aliphatic heterocycles. The number of hydrogen-bond acceptors (Lipinski definition) is 2. The molecule has 3 N–H and O–H groups in total. The Hall–Kier alpha value is -0.570. The summed E-state index contributed by atoms with van der Waals surface area (Å²) in [5.41, 5.74) is 2.64. The number of hydrogen-bond donors (Lipinski definition) is 2. The SMILES string of the molecule is NNC(=O)C1CC12CCCCC2. The fourth-order valence-corrected chi connectivity index (χ4v) is 2.63. The molecular weight excluding hydrogens is 152 g/mol. The Morgan fingerprint density at radius 2 is 2.00 bits per heavy atom. The molecule has 0 heterocycles. The third-order valence-corrected chi connectivity index (χ3v) is 3.50. The van der Waals surface area contributed by atoms with Gasteiger partial charge in [-0.3, -0.25) is 10.2 Å². The van der Waals surface area contributed by atoms with Gasteiger partial charge in [0.25, 0.3) is 0 Å². The van der Waals surface area contributed by atoms with E-state index in [1.807, 2.05) is 0 Å². The van der Waals surface area contributed by atoms with Crippen molar-refractivity contribution in [1.29, 1.82) is 0 Å². The Balaban J connectivity index is 1.95. The van der Waals surface area contributed by atoms with Gasteiger partial charge >= 0.3 is 0 Å². The molecule has 68 valence electrons. The smallest absolute Gasteiger partial charge is 0.237 e. The third kappa shape index (κ3) is 1.12. The first-order valence-corrected chi connectivity index (χ1v) is 4.79. The zero-order valence-electron chi connectivity index (χ0n) is 7.31. The van der Waals surface area contributed by atoms with E-state index in [4.69, 9.17) is 5.84 Å². The van der Waals surface area contributed by atoms with E-state index in [0.717, 1.165) is 6.42 Å². The molecule has 0 radical (unpaired) electrons. The number of carbonyl (C=O) groups is 1. The van der Waals surface area contributed by atoms with Crippen molar-refractivity contribution >= 4 is 5.91 Å². The molecule has 1 spiro atoms. The lowest BCUT2D eigenvalue weighted by Gasteiger charge is -2.21. The molecular formula is C9H16N2O. The van der Waals surface area contributed by atoms with E-state index in [1.54, 1.807) is 0 Å². The molecule has 0 aromatic carbocycles. The first-order valence-electron chi connectivity index (χ1n) is 4.79. The minimum atomic E-state index is 0.0527. The summed E-state index contributed by atoms with van der Waals surface area (Å²) in [5, 5.41) is 0. The van der Waals surface area contributed by atoms with E-state index in [9.17, 15) is 4.79 Å². The second-order valence-corrected chi connectivity index (χ2v) is 4.19. The van der Waals surface area contributed by atoms with E-state index in [2.05, 4.69) is 5.43 Å². The summed E-state index contributed by atoms with van der Waals surface area (Å²) in [4.78, 5) is 11.2. The molecule has 0 saturated heterocycles. The van der Waals surface area contributed by atoms with Gasteiger partial charge in [0.1, 0.15) is 0 Å². The Labute approximate surface area is 72.7 Å². The molecule has 0 aromatic rings. The van der Waals surface area contributed by atoms with Gasteiger partial charge in [0, 0.05) is 5.92 Å². The zero-order chi connectivity index (χ0) is 8.60. The van der Waals surface area contributed by atoms with Crippen LogP contribution < -0.4 is 11.3 Å². The number of amides is 1. The Morgan fingerprint density at radius 1 is 1.33 bits per heavy atom. The van der Waals surface area contributed by atoms with Crippen LogP contribution in [-0.2, 0) is 4.79 Å². The molecule has 2 fully saturated rings. The zero-order valence-corrected chi connectivity index (χ0v) is 7.31. The number of nitrogens with two attached hydrogens (primary N) is 1. The molecule has 0 bridgehead atoms. The van der Waals surface area contributed by atoms with Crippen LogP contribution in [0.2, 0.25) is 0 Å². The molecule has 1 atom stereocenters. The molecule has 2 aliphatic rings. The highest BCUT2D eigenvalue weighted by molar-refractivity contribution is 5.81. The highest BCUT2D eigenvalue weighted by Gasteiger charge is 2.57. The number of hydrazine groups is 1. The lowest BCUT2D eigenvalue weighted by Crippen LogP contribution is -2.33. The molecule has 2 saturated carbocycles. The van der Waals surface area contributed by atoms with Crippen molar-refractivity contribution in [3.05, 3.63) is 0 Å². The molecule has 1 amide bonds. The minimum absolute atomic E-state index is 0.0527. The van der Waals surface area contributed by atoms with Crippen LogP contribution in [0.4, 0.5) is 0 Å². The average molecular weight is 168 g/mol. The van der Waals surface area contributed by atoms with Crippen LogP contribution in [0.3, 0.4) is 0 Å². The fraction of sp³-hybridized carbons (Fsp3) is 0.889. The van der Waals surface area contributed by atoms with Crippen LogP contribution in [0.25, 0.3) is 0 Å². The summed E-state index contributed by atoms with van der Waals surface area (Å²) >= 11 is 0. The monoisotopic (exact) mass is 168 g/mol. The summed E-state index contributed by atoms with van der Waals surface area (Å²) in [6, 6.07) is 0. The summed E-state index contributed by atoms with van der Waals surface area (Å²) in [5.74, 6) is 5.39. The molecule has 2 aliphatic carbocycles. The highest BCUT2D eigenvalue weighted by atomic mass is 16.2. The van der Waals surface area contributed by atoms with Crippen LogP contribution in [0.5, 0.6) is 0 Å². The molecule has 12 heavy (non-hydrogen) atoms. The number of nitrogens with one attached hydrogen (secondary N) is 1. The van der Waals surface area contributed by atoms with Gasteiger partial charge < -0.3 is 0 Å². The summed E-state index contributed by atoms with van der Waals surface area (Å²) < 4.78 is 0. The third-order valence-electron chi connectivity index (χ3n) is 3.50. The Morgan fingerprint density at radius 3 is 2.58 bits per heavy atom. The normalized spacial score (nSPS) is 31.6. The maximum absolute atomic E-state index is 11.2. The van der Waals surface area contributed by atoms with E-state index in [0.29, 0.717) is 5.41 Å². The van der Waals surface area contributed by atoms with E-state index in [-0.39, 0.29) is 11.8 Å². The van der Waals surface area contributed by atoms with Crippen LogP contribution >= 0.6 is 0 Å². The van der Waals surface area contributed by atoms with Crippen LogP contribution in [0.1, 0.15) is 38.5 Å². The molecule has 1 unspecified atom stereocenters. The van der Waals surface area contributed by atoms with Crippen molar-refractivity contribution in [1.82, 2.24) is 5.43 Å². The predicted octanol–water partition coefficient (Wildman–Crippen LogP) is 0.947. The number of carbonyl (C=O) groups excluding carboxylic acids is 1. The van der Waals surface area contributed by atoms with Crippen molar-refractivity contribution in [2.45, 2.75) is 38.5 Å². The first kappa shape index (κ1) is 8.05. The van der Waals surface area contributed by atoms with Gasteiger partial charge in [-0.25, -0.2) is 5.84 Å². The lowest BCUT2D eigenvalue weighted by atomic mass is 9.84. The predicted molar refractivity (Wildman–Crippen MR) is 46.0 cm³/mol. The fourth-order valence-electron chi connectivity index (χ4n) is 2.63. The maximum Gasteiger partial charge on any atom is 0.237 e. The van der Waals surface area contributed by atoms with Gasteiger partial charge in [-0.15, -0.1) is 0 Å². The van der Waals surface area contributed by atoms with Gasteiger partial charge in [0.15, 0.2) is 0 Å². The molecule has 3 heteroatoms. The second-order valence-electron chi connectivity index (χ2n) is 4.19. The highest BCUT2D eigenvalue weighted by Crippen LogP contribution is 2.61. The van der Waals surface area contributed by atoms with Crippen molar-refractivity contribution in [3.63, 3.8) is 0 Å². The van der Waals surface area contributed by atoms with E-state index >= 15 is 0 Å². The van der Waals surface area contributed by atoms with E-state index < -0.39 is 0 Å². The van der Waals surface area contributed by atoms with Crippen LogP contribution in [0, 0.1) is 11.3 Å². The topological polar surface area (TPSA) is 55.1 Å². The standard InChI is InChI=1S/C9H16N2O/c10-11-8(12)7-6-9(7)4-2-1-3-5-9/h7H,1-6,10H2,(H,11,12). The minimum Gasteiger partial charge on any atom is -0.294 e. The van der Waals surface area contributed by atoms with Gasteiger partial charge in [-0.05, 0) is 24.7 Å². The summed E-state index contributed by atoms with van der Waals surface area (Å²) in [6.45, 7) is 0. The Bertz CT molecular complexity index is 197. The van der Waals surface area contributed by atoms with E-state index in [1.165, 1.54) is 32.1 Å². The second kappa shape index (κ2) is 2.73. The van der Waals surface area contributed by atoms with Crippen molar-refractivity contribution in [2.24, 2.45) is 17.2 Å². The Kier molecular flexibility index (Phi) is 1.83. The van der Waals surface area contributed by atoms with Crippen molar-refractivity contribution < 1.29 is 4.79 Å². The van der Waals surface area contributed by atoms with Gasteiger partial charge in [-0.1, -0.05) is 19.3 Å². The van der Waals surface area contributed by atoms with Crippen LogP contribution in [0.15, 0.2) is 0 Å². The first-order chi connectivity index (χ1) is 5.78. The van der Waals surface area contributed by atoms with Crippen molar-refractivity contribution in [3.8, 4) is 0 Å². The molecule has 3 nitrogen and oxygen atoms in total. The molecule has 0 aromatic heterocycles. The number of rotatable bonds is 1.